The lowest BCUT2D eigenvalue weighted by Gasteiger charge is -2.10. The monoisotopic (exact) mass is 263 g/mol. The number of hydrogen-bond acceptors (Lipinski definition) is 7. The molecule has 2 heterocycles. The van der Waals surface area contributed by atoms with E-state index in [0.29, 0.717) is 18.2 Å². The van der Waals surface area contributed by atoms with Crippen molar-refractivity contribution in [2.75, 3.05) is 30.5 Å². The van der Waals surface area contributed by atoms with Gasteiger partial charge in [-0.2, -0.15) is 4.37 Å². The molecule has 0 aromatic carbocycles. The van der Waals surface area contributed by atoms with E-state index < -0.39 is 9.84 Å². The number of hydrogen-bond donors (Lipinski definition) is 2. The molecule has 0 aliphatic carbocycles. The van der Waals surface area contributed by atoms with Gasteiger partial charge in [0.1, 0.15) is 9.90 Å². The minimum Gasteiger partial charge on any atom is -0.382 e. The van der Waals surface area contributed by atoms with Gasteiger partial charge in [0.25, 0.3) is 0 Å². The van der Waals surface area contributed by atoms with Crippen molar-refractivity contribution in [3.8, 4) is 0 Å². The molecule has 90 valence electrons. The quantitative estimate of drug-likeness (QED) is 0.816. The lowest BCUT2D eigenvalue weighted by atomic mass is 10.3. The molecule has 0 amide bonds. The van der Waals surface area contributed by atoms with Gasteiger partial charge >= 0.3 is 0 Å². The summed E-state index contributed by atoms with van der Waals surface area (Å²) in [6, 6.07) is 0.139. The zero-order valence-electron chi connectivity index (χ0n) is 8.76. The molecule has 8 heteroatoms. The summed E-state index contributed by atoms with van der Waals surface area (Å²) in [6.07, 6.45) is 1.99. The summed E-state index contributed by atoms with van der Waals surface area (Å²) in [5, 5.41) is 3.62. The molecule has 0 bridgehead atoms. The van der Waals surface area contributed by atoms with E-state index in [0.717, 1.165) is 24.2 Å². The van der Waals surface area contributed by atoms with Crippen LogP contribution in [0.15, 0.2) is 4.90 Å². The summed E-state index contributed by atoms with van der Waals surface area (Å²) in [7, 11) is -3.34. The fourth-order valence-corrected chi connectivity index (χ4v) is 3.71. The van der Waals surface area contributed by atoms with E-state index >= 15 is 0 Å². The Morgan fingerprint density at radius 3 is 2.94 bits per heavy atom. The van der Waals surface area contributed by atoms with Gasteiger partial charge < -0.3 is 15.8 Å². The third-order valence-corrected chi connectivity index (χ3v) is 4.39. The SMILES string of the molecule is CS(=O)(=O)c1c(N)nsc1NC1CCOC1. The molecule has 3 N–H and O–H groups in total. The molecule has 1 saturated heterocycles. The lowest BCUT2D eigenvalue weighted by Crippen LogP contribution is -2.19. The molecular formula is C8H13N3O3S2. The highest BCUT2D eigenvalue weighted by Gasteiger charge is 2.24. The second kappa shape index (κ2) is 4.19. The number of aromatic nitrogens is 1. The van der Waals surface area contributed by atoms with Gasteiger partial charge in [-0.3, -0.25) is 0 Å². The minimum absolute atomic E-state index is 0.0638. The Hall–Kier alpha value is -0.860. The van der Waals surface area contributed by atoms with Gasteiger partial charge in [0.05, 0.1) is 12.6 Å². The van der Waals surface area contributed by atoms with Gasteiger partial charge in [-0.05, 0) is 18.0 Å². The first-order valence-electron chi connectivity index (χ1n) is 4.78. The highest BCUT2D eigenvalue weighted by Crippen LogP contribution is 2.32. The number of rotatable bonds is 3. The molecular weight excluding hydrogens is 250 g/mol. The van der Waals surface area contributed by atoms with Crippen molar-refractivity contribution >= 4 is 32.2 Å². The molecule has 1 fully saturated rings. The van der Waals surface area contributed by atoms with E-state index in [-0.39, 0.29) is 16.8 Å². The summed E-state index contributed by atoms with van der Waals surface area (Å²) in [5.74, 6) is 0.0638. The molecule has 1 aromatic heterocycles. The van der Waals surface area contributed by atoms with E-state index in [2.05, 4.69) is 9.69 Å². The normalized spacial score (nSPS) is 21.2. The average Bonchev–Trinajstić information content (AvgIpc) is 2.75. The molecule has 1 aromatic rings. The largest absolute Gasteiger partial charge is 0.382 e. The van der Waals surface area contributed by atoms with E-state index in [1.54, 1.807) is 0 Å². The number of sulfone groups is 1. The number of nitrogens with one attached hydrogen (secondary N) is 1. The van der Waals surface area contributed by atoms with Crippen LogP contribution in [0.4, 0.5) is 10.8 Å². The predicted octanol–water partition coefficient (Wildman–Crippen LogP) is 0.330. The Kier molecular flexibility index (Phi) is 3.04. The third-order valence-electron chi connectivity index (χ3n) is 2.31. The molecule has 0 spiro atoms. The van der Waals surface area contributed by atoms with Crippen LogP contribution in [0.2, 0.25) is 0 Å². The maximum atomic E-state index is 11.5. The Balaban J connectivity index is 2.27. The van der Waals surface area contributed by atoms with Gasteiger partial charge in [-0.15, -0.1) is 0 Å². The van der Waals surface area contributed by atoms with Crippen LogP contribution >= 0.6 is 11.5 Å². The van der Waals surface area contributed by atoms with Crippen LogP contribution in [0.5, 0.6) is 0 Å². The Labute approximate surface area is 97.9 Å². The molecule has 1 unspecified atom stereocenters. The molecule has 2 rings (SSSR count). The average molecular weight is 263 g/mol. The fourth-order valence-electron chi connectivity index (χ4n) is 1.58. The first kappa shape index (κ1) is 11.6. The summed E-state index contributed by atoms with van der Waals surface area (Å²) >= 11 is 1.07. The van der Waals surface area contributed by atoms with E-state index in [9.17, 15) is 8.42 Å². The molecule has 1 aliphatic rings. The van der Waals surface area contributed by atoms with Gasteiger partial charge in [0.2, 0.25) is 0 Å². The van der Waals surface area contributed by atoms with E-state index in [4.69, 9.17) is 10.5 Å². The van der Waals surface area contributed by atoms with Crippen molar-refractivity contribution in [2.45, 2.75) is 17.4 Å². The van der Waals surface area contributed by atoms with Crippen LogP contribution in [0, 0.1) is 0 Å². The number of anilines is 2. The Morgan fingerprint density at radius 1 is 1.62 bits per heavy atom. The Morgan fingerprint density at radius 2 is 2.38 bits per heavy atom. The second-order valence-corrected chi connectivity index (χ2v) is 6.43. The molecule has 1 atom stereocenters. The van der Waals surface area contributed by atoms with Crippen LogP contribution in [0.25, 0.3) is 0 Å². The van der Waals surface area contributed by atoms with Gasteiger partial charge in [-0.25, -0.2) is 8.42 Å². The first-order chi connectivity index (χ1) is 7.48. The summed E-state index contributed by atoms with van der Waals surface area (Å²) in [5.41, 5.74) is 5.55. The summed E-state index contributed by atoms with van der Waals surface area (Å²) < 4.78 is 32.1. The topological polar surface area (TPSA) is 94.3 Å². The van der Waals surface area contributed by atoms with Crippen LogP contribution in [0.1, 0.15) is 6.42 Å². The number of ether oxygens (including phenoxy) is 1. The first-order valence-corrected chi connectivity index (χ1v) is 7.44. The Bertz CT molecular complexity index is 477. The highest BCUT2D eigenvalue weighted by molar-refractivity contribution is 7.91. The van der Waals surface area contributed by atoms with Crippen LogP contribution < -0.4 is 11.1 Å². The number of nitrogens with zero attached hydrogens (tertiary/aromatic N) is 1. The van der Waals surface area contributed by atoms with Gasteiger partial charge in [0, 0.05) is 12.9 Å². The summed E-state index contributed by atoms with van der Waals surface area (Å²) in [4.78, 5) is 0.101. The van der Waals surface area contributed by atoms with Gasteiger partial charge in [0.15, 0.2) is 15.7 Å². The highest BCUT2D eigenvalue weighted by atomic mass is 32.2. The number of nitrogens with two attached hydrogens (primary N) is 1. The molecule has 6 nitrogen and oxygen atoms in total. The molecule has 0 saturated carbocycles. The zero-order valence-corrected chi connectivity index (χ0v) is 10.4. The third kappa shape index (κ3) is 2.28. The van der Waals surface area contributed by atoms with Crippen molar-refractivity contribution in [1.82, 2.24) is 4.37 Å². The van der Waals surface area contributed by atoms with Gasteiger partial charge in [-0.1, -0.05) is 0 Å². The minimum atomic E-state index is -3.34. The van der Waals surface area contributed by atoms with E-state index in [1.807, 2.05) is 0 Å². The number of nitrogen functional groups attached to an aromatic ring is 1. The van der Waals surface area contributed by atoms with Crippen molar-refractivity contribution in [3.05, 3.63) is 0 Å². The van der Waals surface area contributed by atoms with Crippen LogP contribution in [-0.2, 0) is 14.6 Å². The molecule has 16 heavy (non-hydrogen) atoms. The second-order valence-electron chi connectivity index (χ2n) is 3.70. The smallest absolute Gasteiger partial charge is 0.182 e. The molecule has 1 aliphatic heterocycles. The molecule has 0 radical (unpaired) electrons. The maximum absolute atomic E-state index is 11.5. The fraction of sp³-hybridized carbons (Fsp3) is 0.625. The maximum Gasteiger partial charge on any atom is 0.182 e. The summed E-state index contributed by atoms with van der Waals surface area (Å²) in [6.45, 7) is 1.28. The lowest BCUT2D eigenvalue weighted by molar-refractivity contribution is 0.195. The predicted molar refractivity (Wildman–Crippen MR) is 62.5 cm³/mol. The van der Waals surface area contributed by atoms with Crippen molar-refractivity contribution in [1.29, 1.82) is 0 Å². The van der Waals surface area contributed by atoms with Crippen LogP contribution in [0.3, 0.4) is 0 Å². The van der Waals surface area contributed by atoms with E-state index in [1.165, 1.54) is 0 Å². The van der Waals surface area contributed by atoms with Crippen molar-refractivity contribution in [2.24, 2.45) is 0 Å². The van der Waals surface area contributed by atoms with Crippen LogP contribution in [-0.4, -0.2) is 38.3 Å². The zero-order chi connectivity index (χ0) is 11.8. The van der Waals surface area contributed by atoms with Crippen molar-refractivity contribution in [3.63, 3.8) is 0 Å². The standard InChI is InChI=1S/C8H13N3O3S2/c1-16(12,13)6-7(9)11-15-8(6)10-5-2-3-14-4-5/h5,10H,2-4H2,1H3,(H2,9,11). The van der Waals surface area contributed by atoms with Crippen molar-refractivity contribution < 1.29 is 13.2 Å².